The van der Waals surface area contributed by atoms with Crippen LogP contribution in [-0.4, -0.2) is 22.7 Å². The number of carbonyl (C=O) groups is 1. The first-order chi connectivity index (χ1) is 12.6. The number of para-hydroxylation sites is 1. The Morgan fingerprint density at radius 3 is 2.85 bits per heavy atom. The van der Waals surface area contributed by atoms with Crippen molar-refractivity contribution in [2.75, 3.05) is 6.61 Å². The molecule has 6 nitrogen and oxygen atoms in total. The second-order valence-electron chi connectivity index (χ2n) is 5.55. The SMILES string of the molecule is Cc1ccccc1OCCC(=O)OCc1nc(-c2cccc(Cl)c2)no1. The number of halogens is 1. The molecule has 26 heavy (non-hydrogen) atoms. The van der Waals surface area contributed by atoms with Crippen LogP contribution in [0.4, 0.5) is 0 Å². The lowest BCUT2D eigenvalue weighted by Crippen LogP contribution is -2.10. The van der Waals surface area contributed by atoms with E-state index >= 15 is 0 Å². The van der Waals surface area contributed by atoms with Gasteiger partial charge in [-0.05, 0) is 30.7 Å². The van der Waals surface area contributed by atoms with E-state index in [2.05, 4.69) is 10.1 Å². The van der Waals surface area contributed by atoms with Crippen LogP contribution in [-0.2, 0) is 16.1 Å². The molecule has 7 heteroatoms. The number of ether oxygens (including phenoxy) is 2. The van der Waals surface area contributed by atoms with E-state index in [0.717, 1.165) is 16.9 Å². The van der Waals surface area contributed by atoms with Gasteiger partial charge >= 0.3 is 5.97 Å². The predicted molar refractivity (Wildman–Crippen MR) is 95.8 cm³/mol. The number of aromatic nitrogens is 2. The number of aryl methyl sites for hydroxylation is 1. The van der Waals surface area contributed by atoms with Crippen molar-refractivity contribution in [3.8, 4) is 17.1 Å². The molecule has 0 atom stereocenters. The summed E-state index contributed by atoms with van der Waals surface area (Å²) in [6.45, 7) is 2.10. The summed E-state index contributed by atoms with van der Waals surface area (Å²) in [5.74, 6) is 0.957. The molecule has 3 rings (SSSR count). The molecule has 1 aromatic heterocycles. The number of hydrogen-bond donors (Lipinski definition) is 0. The molecule has 0 fully saturated rings. The highest BCUT2D eigenvalue weighted by Crippen LogP contribution is 2.20. The van der Waals surface area contributed by atoms with Gasteiger partial charge in [0.15, 0.2) is 6.61 Å². The van der Waals surface area contributed by atoms with Gasteiger partial charge in [0.25, 0.3) is 5.89 Å². The summed E-state index contributed by atoms with van der Waals surface area (Å²) in [5.41, 5.74) is 1.74. The molecule has 0 saturated carbocycles. The number of nitrogens with zero attached hydrogens (tertiary/aromatic N) is 2. The number of carbonyl (C=O) groups excluding carboxylic acids is 1. The number of rotatable bonds is 7. The quantitative estimate of drug-likeness (QED) is 0.578. The highest BCUT2D eigenvalue weighted by Gasteiger charge is 2.12. The van der Waals surface area contributed by atoms with Crippen LogP contribution in [0.2, 0.25) is 5.02 Å². The molecule has 0 amide bonds. The van der Waals surface area contributed by atoms with E-state index in [4.69, 9.17) is 25.6 Å². The van der Waals surface area contributed by atoms with Crippen molar-refractivity contribution < 1.29 is 18.8 Å². The van der Waals surface area contributed by atoms with E-state index < -0.39 is 5.97 Å². The molecule has 134 valence electrons. The van der Waals surface area contributed by atoms with Crippen LogP contribution < -0.4 is 4.74 Å². The average Bonchev–Trinajstić information content (AvgIpc) is 3.11. The summed E-state index contributed by atoms with van der Waals surface area (Å²) >= 11 is 5.94. The Balaban J connectivity index is 1.45. The third-order valence-corrected chi connectivity index (χ3v) is 3.80. The maximum absolute atomic E-state index is 11.8. The Bertz CT molecular complexity index is 895. The summed E-state index contributed by atoms with van der Waals surface area (Å²) in [6.07, 6.45) is 0.129. The summed E-state index contributed by atoms with van der Waals surface area (Å²) in [5, 5.41) is 4.43. The largest absolute Gasteiger partial charge is 0.493 e. The summed E-state index contributed by atoms with van der Waals surface area (Å²) in [7, 11) is 0. The molecule has 0 unspecified atom stereocenters. The first kappa shape index (κ1) is 17.9. The number of benzene rings is 2. The lowest BCUT2D eigenvalue weighted by Gasteiger charge is -2.08. The first-order valence-corrected chi connectivity index (χ1v) is 8.42. The molecular weight excluding hydrogens is 356 g/mol. The first-order valence-electron chi connectivity index (χ1n) is 8.04. The van der Waals surface area contributed by atoms with Gasteiger partial charge in [0.2, 0.25) is 5.82 Å². The van der Waals surface area contributed by atoms with Crippen molar-refractivity contribution in [2.24, 2.45) is 0 Å². The zero-order valence-corrected chi connectivity index (χ0v) is 14.9. The standard InChI is InChI=1S/C19H17ClN2O4/c1-13-5-2-3-8-16(13)24-10-9-18(23)25-12-17-21-19(22-26-17)14-6-4-7-15(20)11-14/h2-8,11H,9-10,12H2,1H3. The average molecular weight is 373 g/mol. The lowest BCUT2D eigenvalue weighted by atomic mass is 10.2. The third-order valence-electron chi connectivity index (χ3n) is 3.56. The minimum atomic E-state index is -0.402. The van der Waals surface area contributed by atoms with Crippen LogP contribution in [0.1, 0.15) is 17.9 Å². The van der Waals surface area contributed by atoms with E-state index in [0.29, 0.717) is 10.8 Å². The van der Waals surface area contributed by atoms with Crippen molar-refractivity contribution in [3.63, 3.8) is 0 Å². The summed E-state index contributed by atoms with van der Waals surface area (Å²) < 4.78 is 15.8. The molecule has 3 aromatic rings. The van der Waals surface area contributed by atoms with Gasteiger partial charge in [0.05, 0.1) is 13.0 Å². The highest BCUT2D eigenvalue weighted by molar-refractivity contribution is 6.30. The molecule has 1 heterocycles. The molecule has 0 bridgehead atoms. The van der Waals surface area contributed by atoms with Crippen LogP contribution in [0.3, 0.4) is 0 Å². The van der Waals surface area contributed by atoms with Crippen LogP contribution >= 0.6 is 11.6 Å². The third kappa shape index (κ3) is 4.83. The zero-order valence-electron chi connectivity index (χ0n) is 14.1. The van der Waals surface area contributed by atoms with Gasteiger partial charge in [-0.15, -0.1) is 0 Å². The highest BCUT2D eigenvalue weighted by atomic mass is 35.5. The fourth-order valence-corrected chi connectivity index (χ4v) is 2.43. The van der Waals surface area contributed by atoms with Crippen molar-refractivity contribution in [1.82, 2.24) is 10.1 Å². The molecule has 0 aliphatic carbocycles. The Kier molecular flexibility index (Phi) is 5.86. The fraction of sp³-hybridized carbons (Fsp3) is 0.211. The van der Waals surface area contributed by atoms with Crippen LogP contribution in [0, 0.1) is 6.92 Å². The van der Waals surface area contributed by atoms with E-state index in [-0.39, 0.29) is 25.5 Å². The van der Waals surface area contributed by atoms with Crippen LogP contribution in [0.25, 0.3) is 11.4 Å². The maximum Gasteiger partial charge on any atom is 0.309 e. The smallest absolute Gasteiger partial charge is 0.309 e. The van der Waals surface area contributed by atoms with Gasteiger partial charge in [-0.1, -0.05) is 47.1 Å². The van der Waals surface area contributed by atoms with Crippen molar-refractivity contribution >= 4 is 17.6 Å². The zero-order chi connectivity index (χ0) is 18.4. The number of esters is 1. The number of hydrogen-bond acceptors (Lipinski definition) is 6. The van der Waals surface area contributed by atoms with Gasteiger partial charge in [-0.3, -0.25) is 4.79 Å². The second-order valence-corrected chi connectivity index (χ2v) is 5.98. The van der Waals surface area contributed by atoms with Crippen molar-refractivity contribution in [2.45, 2.75) is 20.0 Å². The van der Waals surface area contributed by atoms with E-state index in [9.17, 15) is 4.79 Å². The molecule has 0 aliphatic rings. The van der Waals surface area contributed by atoms with Gasteiger partial charge < -0.3 is 14.0 Å². The normalized spacial score (nSPS) is 10.5. The summed E-state index contributed by atoms with van der Waals surface area (Å²) in [6, 6.07) is 14.7. The molecule has 0 saturated heterocycles. The fourth-order valence-electron chi connectivity index (χ4n) is 2.24. The van der Waals surface area contributed by atoms with Crippen molar-refractivity contribution in [3.05, 3.63) is 65.0 Å². The monoisotopic (exact) mass is 372 g/mol. The minimum Gasteiger partial charge on any atom is -0.493 e. The molecule has 0 aliphatic heterocycles. The van der Waals surface area contributed by atoms with Crippen LogP contribution in [0.5, 0.6) is 5.75 Å². The van der Waals surface area contributed by atoms with E-state index in [1.807, 2.05) is 37.3 Å². The van der Waals surface area contributed by atoms with Gasteiger partial charge in [-0.25, -0.2) is 0 Å². The van der Waals surface area contributed by atoms with Crippen LogP contribution in [0.15, 0.2) is 53.1 Å². The van der Waals surface area contributed by atoms with Crippen molar-refractivity contribution in [1.29, 1.82) is 0 Å². The Morgan fingerprint density at radius 2 is 2.04 bits per heavy atom. The van der Waals surface area contributed by atoms with E-state index in [1.54, 1.807) is 18.2 Å². The summed E-state index contributed by atoms with van der Waals surface area (Å²) in [4.78, 5) is 16.0. The Morgan fingerprint density at radius 1 is 1.19 bits per heavy atom. The maximum atomic E-state index is 11.8. The van der Waals surface area contributed by atoms with Gasteiger partial charge in [0.1, 0.15) is 5.75 Å². The van der Waals surface area contributed by atoms with E-state index in [1.165, 1.54) is 0 Å². The Labute approximate surface area is 155 Å². The molecule has 2 aromatic carbocycles. The minimum absolute atomic E-state index is 0.0865. The molecule has 0 spiro atoms. The Hall–Kier alpha value is -2.86. The molecular formula is C19H17ClN2O4. The lowest BCUT2D eigenvalue weighted by molar-refractivity contribution is -0.146. The van der Waals surface area contributed by atoms with Gasteiger partial charge in [-0.2, -0.15) is 4.98 Å². The molecule has 0 N–H and O–H groups in total. The topological polar surface area (TPSA) is 74.5 Å². The molecule has 0 radical (unpaired) electrons. The predicted octanol–water partition coefficient (Wildman–Crippen LogP) is 4.21. The van der Waals surface area contributed by atoms with Gasteiger partial charge in [0, 0.05) is 10.6 Å². The second kappa shape index (κ2) is 8.49.